The van der Waals surface area contributed by atoms with Gasteiger partial charge in [0.25, 0.3) is 0 Å². The number of aliphatic imine (C=N–C) groups is 1. The summed E-state index contributed by atoms with van der Waals surface area (Å²) in [5.74, 6) is 0.915. The molecule has 18 heavy (non-hydrogen) atoms. The lowest BCUT2D eigenvalue weighted by atomic mass is 9.97. The zero-order valence-corrected chi connectivity index (χ0v) is 11.4. The summed E-state index contributed by atoms with van der Waals surface area (Å²) >= 11 is 1.55. The molecule has 0 aromatic rings. The van der Waals surface area contributed by atoms with E-state index < -0.39 is 6.04 Å². The van der Waals surface area contributed by atoms with Gasteiger partial charge in [-0.25, -0.2) is 0 Å². The molecule has 2 N–H and O–H groups in total. The van der Waals surface area contributed by atoms with E-state index in [1.54, 1.807) is 11.8 Å². The lowest BCUT2D eigenvalue weighted by Gasteiger charge is -2.23. The van der Waals surface area contributed by atoms with Crippen LogP contribution >= 0.6 is 11.8 Å². The number of amides is 2. The zero-order valence-electron chi connectivity index (χ0n) is 10.6. The van der Waals surface area contributed by atoms with Gasteiger partial charge in [0.2, 0.25) is 11.8 Å². The molecule has 2 rings (SSSR count). The summed E-state index contributed by atoms with van der Waals surface area (Å²) in [6.45, 7) is 2.21. The second kappa shape index (κ2) is 6.22. The van der Waals surface area contributed by atoms with Crippen LogP contribution in [0, 0.1) is 5.92 Å². The van der Waals surface area contributed by atoms with Gasteiger partial charge >= 0.3 is 0 Å². The Morgan fingerprint density at radius 3 is 2.67 bits per heavy atom. The van der Waals surface area contributed by atoms with Gasteiger partial charge in [0, 0.05) is 12.7 Å². The van der Waals surface area contributed by atoms with Crippen LogP contribution in [0.5, 0.6) is 0 Å². The molecular weight excluding hydrogens is 250 g/mol. The largest absolute Gasteiger partial charge is 0.344 e. The fourth-order valence-electron chi connectivity index (χ4n) is 2.50. The summed E-state index contributed by atoms with van der Waals surface area (Å²) in [6.07, 6.45) is 4.31. The average molecular weight is 269 g/mol. The molecule has 0 radical (unpaired) electrons. The van der Waals surface area contributed by atoms with Crippen molar-refractivity contribution in [2.45, 2.75) is 38.6 Å². The predicted octanol–water partition coefficient (Wildman–Crippen LogP) is 0.900. The molecule has 2 amide bonds. The molecule has 0 spiro atoms. The first-order valence-electron chi connectivity index (χ1n) is 6.42. The molecule has 0 aromatic heterocycles. The Kier molecular flexibility index (Phi) is 4.63. The third kappa shape index (κ3) is 3.48. The lowest BCUT2D eigenvalue weighted by Crippen LogP contribution is -2.50. The van der Waals surface area contributed by atoms with E-state index in [-0.39, 0.29) is 17.7 Å². The molecule has 0 unspecified atom stereocenters. The van der Waals surface area contributed by atoms with Gasteiger partial charge in [-0.3, -0.25) is 14.6 Å². The van der Waals surface area contributed by atoms with Crippen LogP contribution in [0.25, 0.3) is 0 Å². The number of thioether (sulfide) groups is 1. The molecule has 100 valence electrons. The first-order chi connectivity index (χ1) is 8.66. The van der Waals surface area contributed by atoms with Gasteiger partial charge in [-0.1, -0.05) is 24.6 Å². The van der Waals surface area contributed by atoms with Gasteiger partial charge in [0.1, 0.15) is 6.04 Å². The maximum absolute atomic E-state index is 12.2. The molecule has 0 saturated heterocycles. The molecule has 5 nitrogen and oxygen atoms in total. The molecule has 1 heterocycles. The van der Waals surface area contributed by atoms with E-state index in [9.17, 15) is 9.59 Å². The topological polar surface area (TPSA) is 70.6 Å². The molecule has 0 bridgehead atoms. The van der Waals surface area contributed by atoms with Crippen LogP contribution in [-0.4, -0.2) is 35.3 Å². The first-order valence-corrected chi connectivity index (χ1v) is 7.40. The van der Waals surface area contributed by atoms with E-state index in [2.05, 4.69) is 15.6 Å². The van der Waals surface area contributed by atoms with Gasteiger partial charge in [-0.15, -0.1) is 0 Å². The standard InChI is InChI=1S/C12H19N3O2S/c1-8(16)14-10(9-4-2-3-5-9)11(17)15-12-13-6-7-18-12/h9-10H,2-7H2,1H3,(H,14,16)(H,13,15,17)/t10-/m0/s1. The number of amidine groups is 1. The van der Waals surface area contributed by atoms with Gasteiger partial charge in [0.15, 0.2) is 5.17 Å². The maximum atomic E-state index is 12.2. The van der Waals surface area contributed by atoms with Gasteiger partial charge in [-0.05, 0) is 18.8 Å². The number of rotatable bonds is 3. The minimum absolute atomic E-state index is 0.120. The second-order valence-electron chi connectivity index (χ2n) is 4.75. The van der Waals surface area contributed by atoms with Crippen LogP contribution in [0.1, 0.15) is 32.6 Å². The minimum atomic E-state index is -0.408. The quantitative estimate of drug-likeness (QED) is 0.799. The second-order valence-corrected chi connectivity index (χ2v) is 5.83. The number of nitrogens with zero attached hydrogens (tertiary/aromatic N) is 1. The smallest absolute Gasteiger partial charge is 0.248 e. The Hall–Kier alpha value is -1.04. The van der Waals surface area contributed by atoms with Gasteiger partial charge in [0.05, 0.1) is 6.54 Å². The molecule has 1 aliphatic carbocycles. The van der Waals surface area contributed by atoms with Crippen molar-refractivity contribution in [1.82, 2.24) is 10.6 Å². The molecule has 1 fully saturated rings. The van der Waals surface area contributed by atoms with Crippen molar-refractivity contribution < 1.29 is 9.59 Å². The highest BCUT2D eigenvalue weighted by Crippen LogP contribution is 2.28. The van der Waals surface area contributed by atoms with Crippen molar-refractivity contribution in [2.24, 2.45) is 10.9 Å². The van der Waals surface area contributed by atoms with Crippen LogP contribution in [0.2, 0.25) is 0 Å². The van der Waals surface area contributed by atoms with Crippen molar-refractivity contribution in [3.05, 3.63) is 0 Å². The van der Waals surface area contributed by atoms with Crippen molar-refractivity contribution >= 4 is 28.7 Å². The Morgan fingerprint density at radius 2 is 2.11 bits per heavy atom. The third-order valence-electron chi connectivity index (χ3n) is 3.33. The summed E-state index contributed by atoms with van der Waals surface area (Å²) in [5, 5.41) is 6.29. The Bertz CT molecular complexity index is 364. The number of nitrogens with one attached hydrogen (secondary N) is 2. The summed E-state index contributed by atoms with van der Waals surface area (Å²) in [5.41, 5.74) is 0. The van der Waals surface area contributed by atoms with Crippen molar-refractivity contribution in [1.29, 1.82) is 0 Å². The van der Waals surface area contributed by atoms with Gasteiger partial charge in [-0.2, -0.15) is 0 Å². The molecular formula is C12H19N3O2S. The molecule has 2 aliphatic rings. The number of carbonyl (C=O) groups is 2. The third-order valence-corrected chi connectivity index (χ3v) is 4.22. The number of hydrogen-bond acceptors (Lipinski definition) is 4. The normalized spacial score (nSPS) is 21.5. The summed E-state index contributed by atoms with van der Waals surface area (Å²) in [7, 11) is 0. The Balaban J connectivity index is 1.97. The highest BCUT2D eigenvalue weighted by molar-refractivity contribution is 8.14. The van der Waals surface area contributed by atoms with E-state index in [1.165, 1.54) is 6.92 Å². The van der Waals surface area contributed by atoms with E-state index in [0.717, 1.165) is 38.0 Å². The Morgan fingerprint density at radius 1 is 1.39 bits per heavy atom. The van der Waals surface area contributed by atoms with Crippen LogP contribution < -0.4 is 10.6 Å². The molecule has 1 saturated carbocycles. The van der Waals surface area contributed by atoms with Crippen LogP contribution in [0.15, 0.2) is 4.99 Å². The molecule has 1 aliphatic heterocycles. The van der Waals surface area contributed by atoms with E-state index in [0.29, 0.717) is 5.17 Å². The summed E-state index contributed by atoms with van der Waals surface area (Å²) in [4.78, 5) is 27.6. The number of carbonyl (C=O) groups excluding carboxylic acids is 2. The van der Waals surface area contributed by atoms with Gasteiger partial charge < -0.3 is 10.6 Å². The monoisotopic (exact) mass is 269 g/mol. The molecule has 1 atom stereocenters. The molecule has 6 heteroatoms. The fraction of sp³-hybridized carbons (Fsp3) is 0.750. The highest BCUT2D eigenvalue weighted by atomic mass is 32.2. The Labute approximate surface area is 111 Å². The summed E-state index contributed by atoms with van der Waals surface area (Å²) in [6, 6.07) is -0.408. The average Bonchev–Trinajstić information content (AvgIpc) is 2.97. The van der Waals surface area contributed by atoms with Crippen LogP contribution in [0.4, 0.5) is 0 Å². The maximum Gasteiger partial charge on any atom is 0.248 e. The highest BCUT2D eigenvalue weighted by Gasteiger charge is 2.32. The van der Waals surface area contributed by atoms with E-state index in [1.807, 2.05) is 0 Å². The van der Waals surface area contributed by atoms with Crippen LogP contribution in [-0.2, 0) is 9.59 Å². The van der Waals surface area contributed by atoms with E-state index >= 15 is 0 Å². The molecule has 0 aromatic carbocycles. The first kappa shape index (κ1) is 13.4. The minimum Gasteiger partial charge on any atom is -0.344 e. The summed E-state index contributed by atoms with van der Waals surface area (Å²) < 4.78 is 0. The van der Waals surface area contributed by atoms with Crippen molar-refractivity contribution in [3.63, 3.8) is 0 Å². The zero-order chi connectivity index (χ0) is 13.0. The lowest BCUT2D eigenvalue weighted by molar-refractivity contribution is -0.128. The predicted molar refractivity (Wildman–Crippen MR) is 72.5 cm³/mol. The van der Waals surface area contributed by atoms with Crippen molar-refractivity contribution in [2.75, 3.05) is 12.3 Å². The SMILES string of the molecule is CC(=O)N[C@H](C(=O)NC1=NCCS1)C1CCCC1. The fourth-order valence-corrected chi connectivity index (χ4v) is 3.23. The van der Waals surface area contributed by atoms with E-state index in [4.69, 9.17) is 0 Å². The van der Waals surface area contributed by atoms with Crippen LogP contribution in [0.3, 0.4) is 0 Å². The van der Waals surface area contributed by atoms with Crippen molar-refractivity contribution in [3.8, 4) is 0 Å². The number of hydrogen-bond donors (Lipinski definition) is 2.